The number of esters is 2. The number of allylic oxidation sites excluding steroid dienone is 2. The smallest absolute Gasteiger partial charge is 0.315 e. The molecule has 152 valence electrons. The average molecular weight is 388 g/mol. The van der Waals surface area contributed by atoms with Crippen LogP contribution in [0.25, 0.3) is 0 Å². The van der Waals surface area contributed by atoms with Gasteiger partial charge in [0.15, 0.2) is 5.78 Å². The molecule has 0 aromatic rings. The van der Waals surface area contributed by atoms with Gasteiger partial charge in [0.25, 0.3) is 0 Å². The van der Waals surface area contributed by atoms with Gasteiger partial charge in [-0.05, 0) is 54.7 Å². The van der Waals surface area contributed by atoms with Crippen LogP contribution >= 0.6 is 0 Å². The van der Waals surface area contributed by atoms with Crippen LogP contribution in [-0.4, -0.2) is 44.1 Å². The van der Waals surface area contributed by atoms with Gasteiger partial charge < -0.3 is 14.2 Å². The molecule has 6 heteroatoms. The lowest BCUT2D eigenvalue weighted by molar-refractivity contribution is -0.159. The Morgan fingerprint density at radius 1 is 1.32 bits per heavy atom. The van der Waals surface area contributed by atoms with Gasteiger partial charge in [-0.2, -0.15) is 0 Å². The first-order chi connectivity index (χ1) is 13.2. The lowest BCUT2D eigenvalue weighted by Crippen LogP contribution is -2.52. The molecule has 0 spiro atoms. The van der Waals surface area contributed by atoms with Crippen molar-refractivity contribution in [3.63, 3.8) is 0 Å². The van der Waals surface area contributed by atoms with E-state index in [0.717, 1.165) is 36.0 Å². The minimum absolute atomic E-state index is 0.0479. The maximum atomic E-state index is 13.3. The predicted octanol–water partition coefficient (Wildman–Crippen LogP) is 2.76. The highest BCUT2D eigenvalue weighted by Crippen LogP contribution is 2.61. The van der Waals surface area contributed by atoms with Crippen molar-refractivity contribution >= 4 is 17.7 Å². The van der Waals surface area contributed by atoms with Crippen molar-refractivity contribution < 1.29 is 28.6 Å². The Hall–Kier alpha value is -1.95. The van der Waals surface area contributed by atoms with Crippen molar-refractivity contribution in [1.82, 2.24) is 0 Å². The summed E-state index contributed by atoms with van der Waals surface area (Å²) in [6, 6.07) is 0. The summed E-state index contributed by atoms with van der Waals surface area (Å²) < 4.78 is 16.6. The summed E-state index contributed by atoms with van der Waals surface area (Å²) in [7, 11) is 1.53. The van der Waals surface area contributed by atoms with Crippen LogP contribution in [0.5, 0.6) is 0 Å². The topological polar surface area (TPSA) is 78.9 Å². The summed E-state index contributed by atoms with van der Waals surface area (Å²) in [6.07, 6.45) is 4.92. The van der Waals surface area contributed by atoms with E-state index in [9.17, 15) is 14.4 Å². The molecule has 3 aliphatic carbocycles. The van der Waals surface area contributed by atoms with Crippen LogP contribution < -0.4 is 0 Å². The minimum Gasteiger partial charge on any atom is -0.464 e. The molecule has 0 bridgehead atoms. The summed E-state index contributed by atoms with van der Waals surface area (Å²) in [5.74, 6) is -1.22. The highest BCUT2D eigenvalue weighted by atomic mass is 16.5. The maximum absolute atomic E-state index is 13.3. The number of carbonyl (C=O) groups excluding carboxylic acids is 3. The Kier molecular flexibility index (Phi) is 4.53. The lowest BCUT2D eigenvalue weighted by atomic mass is 9.55. The molecule has 28 heavy (non-hydrogen) atoms. The molecule has 0 aromatic heterocycles. The fraction of sp³-hybridized carbons (Fsp3) is 0.682. The Morgan fingerprint density at radius 3 is 2.75 bits per heavy atom. The molecule has 4 rings (SSSR count). The number of rotatable bonds is 3. The third kappa shape index (κ3) is 2.68. The van der Waals surface area contributed by atoms with Crippen LogP contribution in [0.2, 0.25) is 0 Å². The monoisotopic (exact) mass is 388 g/mol. The van der Waals surface area contributed by atoms with Crippen LogP contribution in [0.15, 0.2) is 22.8 Å². The normalized spacial score (nSPS) is 39.6. The third-order valence-electron chi connectivity index (χ3n) is 7.28. The van der Waals surface area contributed by atoms with Crippen molar-refractivity contribution in [2.45, 2.75) is 52.6 Å². The van der Waals surface area contributed by atoms with E-state index in [-0.39, 0.29) is 42.3 Å². The van der Waals surface area contributed by atoms with Crippen LogP contribution in [-0.2, 0) is 28.6 Å². The molecule has 0 aromatic carbocycles. The molecular weight excluding hydrogens is 360 g/mol. The quantitative estimate of drug-likeness (QED) is 0.692. The molecule has 0 amide bonds. The van der Waals surface area contributed by atoms with E-state index in [1.165, 1.54) is 14.0 Å². The van der Waals surface area contributed by atoms with Crippen molar-refractivity contribution in [2.24, 2.45) is 22.7 Å². The van der Waals surface area contributed by atoms with Crippen LogP contribution in [0, 0.1) is 22.7 Å². The van der Waals surface area contributed by atoms with Crippen molar-refractivity contribution in [1.29, 1.82) is 0 Å². The van der Waals surface area contributed by atoms with E-state index in [1.807, 2.05) is 6.92 Å². The number of cyclic esters (lactones) is 1. The largest absolute Gasteiger partial charge is 0.464 e. The molecule has 0 radical (unpaired) electrons. The number of hydrogen-bond acceptors (Lipinski definition) is 6. The van der Waals surface area contributed by atoms with Crippen molar-refractivity contribution in [3.05, 3.63) is 22.8 Å². The van der Waals surface area contributed by atoms with E-state index in [4.69, 9.17) is 14.2 Å². The second kappa shape index (κ2) is 6.55. The Morgan fingerprint density at radius 2 is 2.07 bits per heavy atom. The van der Waals surface area contributed by atoms with Gasteiger partial charge in [0, 0.05) is 25.0 Å². The number of fused-ring (bicyclic) bond motifs is 4. The van der Waals surface area contributed by atoms with Gasteiger partial charge >= 0.3 is 11.9 Å². The van der Waals surface area contributed by atoms with E-state index in [2.05, 4.69) is 6.92 Å². The molecule has 0 N–H and O–H groups in total. The van der Waals surface area contributed by atoms with Crippen LogP contribution in [0.3, 0.4) is 0 Å². The molecule has 6 nitrogen and oxygen atoms in total. The first-order valence-electron chi connectivity index (χ1n) is 10.0. The first kappa shape index (κ1) is 19.4. The summed E-state index contributed by atoms with van der Waals surface area (Å²) in [4.78, 5) is 37.6. The van der Waals surface area contributed by atoms with Gasteiger partial charge in [-0.1, -0.05) is 13.3 Å². The second-order valence-electron chi connectivity index (χ2n) is 9.14. The van der Waals surface area contributed by atoms with Gasteiger partial charge in [-0.25, -0.2) is 0 Å². The highest BCUT2D eigenvalue weighted by molar-refractivity contribution is 6.08. The standard InChI is InChI=1S/C22H28O6/c1-12(23)28-17-9-21(2)7-5-6-14(21)18-16(24)8-15-13(10-26-4)20(25)27-11-22(15,3)19(17)18/h8,13-14,17H,5-7,9-11H2,1-4H3. The Bertz CT molecular complexity index is 808. The zero-order valence-corrected chi connectivity index (χ0v) is 17.0. The molecule has 1 heterocycles. The molecule has 4 aliphatic rings. The van der Waals surface area contributed by atoms with Crippen molar-refractivity contribution in [2.75, 3.05) is 20.3 Å². The van der Waals surface area contributed by atoms with E-state index >= 15 is 0 Å². The summed E-state index contributed by atoms with van der Waals surface area (Å²) in [6.45, 7) is 5.93. The van der Waals surface area contributed by atoms with Gasteiger partial charge in [0.2, 0.25) is 0 Å². The third-order valence-corrected chi connectivity index (χ3v) is 7.28. The Balaban J connectivity index is 1.88. The molecule has 1 aliphatic heterocycles. The molecule has 5 atom stereocenters. The second-order valence-corrected chi connectivity index (χ2v) is 9.14. The van der Waals surface area contributed by atoms with E-state index < -0.39 is 17.4 Å². The molecule has 2 fully saturated rings. The zero-order valence-electron chi connectivity index (χ0n) is 17.0. The zero-order chi connectivity index (χ0) is 20.3. The molecular formula is C22H28O6. The molecule has 1 saturated heterocycles. The average Bonchev–Trinajstić information content (AvgIpc) is 3.00. The Labute approximate surface area is 165 Å². The summed E-state index contributed by atoms with van der Waals surface area (Å²) >= 11 is 0. The van der Waals surface area contributed by atoms with Crippen LogP contribution in [0.4, 0.5) is 0 Å². The van der Waals surface area contributed by atoms with Gasteiger partial charge in [0.05, 0.1) is 6.61 Å². The SMILES string of the molecule is COCC1C(=O)OCC2(C)C1=CC(=O)C1=C2C(OC(C)=O)CC2(C)CCCC12. The van der Waals surface area contributed by atoms with E-state index in [1.54, 1.807) is 6.08 Å². The van der Waals surface area contributed by atoms with Gasteiger partial charge in [-0.3, -0.25) is 14.4 Å². The predicted molar refractivity (Wildman–Crippen MR) is 100 cm³/mol. The summed E-state index contributed by atoms with van der Waals surface area (Å²) in [5.41, 5.74) is 1.67. The number of ether oxygens (including phenoxy) is 3. The number of carbonyl (C=O) groups is 3. The first-order valence-corrected chi connectivity index (χ1v) is 10.0. The van der Waals surface area contributed by atoms with Crippen LogP contribution in [0.1, 0.15) is 46.5 Å². The maximum Gasteiger partial charge on any atom is 0.315 e. The lowest BCUT2D eigenvalue weighted by Gasteiger charge is -2.51. The van der Waals surface area contributed by atoms with E-state index in [0.29, 0.717) is 6.42 Å². The minimum atomic E-state index is -0.648. The number of methoxy groups -OCH3 is 1. The number of ketones is 1. The molecule has 1 saturated carbocycles. The van der Waals surface area contributed by atoms with Gasteiger partial charge in [0.1, 0.15) is 18.6 Å². The highest BCUT2D eigenvalue weighted by Gasteiger charge is 2.58. The summed E-state index contributed by atoms with van der Waals surface area (Å²) in [5, 5.41) is 0. The van der Waals surface area contributed by atoms with Gasteiger partial charge in [-0.15, -0.1) is 0 Å². The number of hydrogen-bond donors (Lipinski definition) is 0. The fourth-order valence-corrected chi connectivity index (χ4v) is 6.06. The fourth-order valence-electron chi connectivity index (χ4n) is 6.06. The molecule has 5 unspecified atom stereocenters. The van der Waals surface area contributed by atoms with Crippen molar-refractivity contribution in [3.8, 4) is 0 Å².